The van der Waals surface area contributed by atoms with E-state index in [4.69, 9.17) is 10.5 Å². The van der Waals surface area contributed by atoms with Crippen LogP contribution in [0.4, 0.5) is 5.82 Å². The Labute approximate surface area is 87.8 Å². The number of hydrogen-bond acceptors (Lipinski definition) is 4. The number of carbonyl (C=O) groups excluding carboxylic acids is 1. The minimum absolute atomic E-state index is 0.0334. The fourth-order valence-electron chi connectivity index (χ4n) is 1.53. The van der Waals surface area contributed by atoms with Gasteiger partial charge in [0.2, 0.25) is 5.91 Å². The van der Waals surface area contributed by atoms with Crippen LogP contribution in [0.3, 0.4) is 0 Å². The van der Waals surface area contributed by atoms with E-state index in [2.05, 4.69) is 4.98 Å². The number of methoxy groups -OCH3 is 1. The summed E-state index contributed by atoms with van der Waals surface area (Å²) >= 11 is 0. The zero-order chi connectivity index (χ0) is 10.8. The third kappa shape index (κ3) is 1.86. The van der Waals surface area contributed by atoms with Gasteiger partial charge in [0, 0.05) is 13.1 Å². The molecular weight excluding hydrogens is 194 g/mol. The van der Waals surface area contributed by atoms with Crippen LogP contribution in [0.2, 0.25) is 0 Å². The number of amides is 1. The summed E-state index contributed by atoms with van der Waals surface area (Å²) in [5.74, 6) is 1.31. The van der Waals surface area contributed by atoms with Crippen molar-refractivity contribution in [3.05, 3.63) is 18.3 Å². The highest BCUT2D eigenvalue weighted by atomic mass is 16.5. The molecule has 0 atom stereocenters. The number of nitrogens with zero attached hydrogens (tertiary/aromatic N) is 2. The fraction of sp³-hybridized carbons (Fsp3) is 0.400. The van der Waals surface area contributed by atoms with Crippen molar-refractivity contribution in [3.63, 3.8) is 0 Å². The molecule has 0 saturated carbocycles. The van der Waals surface area contributed by atoms with Crippen molar-refractivity contribution in [3.8, 4) is 5.75 Å². The largest absolute Gasteiger partial charge is 0.495 e. The van der Waals surface area contributed by atoms with Crippen molar-refractivity contribution in [1.29, 1.82) is 0 Å². The Morgan fingerprint density at radius 2 is 2.33 bits per heavy atom. The van der Waals surface area contributed by atoms with Crippen molar-refractivity contribution < 1.29 is 9.53 Å². The number of rotatable bonds is 3. The van der Waals surface area contributed by atoms with Gasteiger partial charge in [0.05, 0.1) is 19.2 Å². The summed E-state index contributed by atoms with van der Waals surface area (Å²) in [5.41, 5.74) is 5.18. The Morgan fingerprint density at radius 1 is 1.60 bits per heavy atom. The summed E-state index contributed by atoms with van der Waals surface area (Å²) in [6.45, 7) is 1.32. The van der Waals surface area contributed by atoms with Gasteiger partial charge in [-0.05, 0) is 12.1 Å². The van der Waals surface area contributed by atoms with Crippen LogP contribution in [0.15, 0.2) is 18.3 Å². The average molecular weight is 207 g/mol. The minimum Gasteiger partial charge on any atom is -0.495 e. The lowest BCUT2D eigenvalue weighted by atomic mass is 10.00. The van der Waals surface area contributed by atoms with Crippen LogP contribution in [0.1, 0.15) is 0 Å². The monoisotopic (exact) mass is 207 g/mol. The van der Waals surface area contributed by atoms with Crippen LogP contribution in [-0.2, 0) is 4.79 Å². The molecule has 1 aliphatic rings. The predicted octanol–water partition coefficient (Wildman–Crippen LogP) is 0.0117. The smallest absolute Gasteiger partial charge is 0.224 e. The summed E-state index contributed by atoms with van der Waals surface area (Å²) < 4.78 is 5.00. The molecule has 0 unspecified atom stereocenters. The summed E-state index contributed by atoms with van der Waals surface area (Å²) in [6, 6.07) is 3.72. The van der Waals surface area contributed by atoms with Gasteiger partial charge < -0.3 is 15.4 Å². The fourth-order valence-corrected chi connectivity index (χ4v) is 1.53. The zero-order valence-corrected chi connectivity index (χ0v) is 8.51. The zero-order valence-electron chi connectivity index (χ0n) is 8.51. The molecule has 0 spiro atoms. The van der Waals surface area contributed by atoms with Gasteiger partial charge in [0.1, 0.15) is 11.6 Å². The van der Waals surface area contributed by atoms with Crippen molar-refractivity contribution in [2.24, 2.45) is 11.7 Å². The molecule has 80 valence electrons. The van der Waals surface area contributed by atoms with E-state index in [9.17, 15) is 4.79 Å². The van der Waals surface area contributed by atoms with E-state index in [-0.39, 0.29) is 11.8 Å². The topological polar surface area (TPSA) is 68.5 Å². The molecule has 1 aromatic rings. The van der Waals surface area contributed by atoms with E-state index in [1.54, 1.807) is 13.3 Å². The number of ether oxygens (including phenoxy) is 1. The SMILES string of the molecule is COc1ccc(N2CC(C(N)=O)C2)nc1. The molecule has 1 fully saturated rings. The number of anilines is 1. The second kappa shape index (κ2) is 3.76. The first-order valence-electron chi connectivity index (χ1n) is 4.75. The lowest BCUT2D eigenvalue weighted by molar-refractivity contribution is -0.122. The first kappa shape index (κ1) is 9.76. The van der Waals surface area contributed by atoms with Gasteiger partial charge in [-0.1, -0.05) is 0 Å². The summed E-state index contributed by atoms with van der Waals surface area (Å²) in [6.07, 6.45) is 1.66. The number of primary amides is 1. The number of aromatic nitrogens is 1. The molecule has 0 aliphatic carbocycles. The molecule has 0 radical (unpaired) electrons. The Kier molecular flexibility index (Phi) is 2.45. The average Bonchev–Trinajstić information content (AvgIpc) is 2.16. The van der Waals surface area contributed by atoms with Gasteiger partial charge in [-0.3, -0.25) is 4.79 Å². The Morgan fingerprint density at radius 3 is 2.80 bits per heavy atom. The van der Waals surface area contributed by atoms with Gasteiger partial charge in [-0.2, -0.15) is 0 Å². The molecule has 5 heteroatoms. The molecule has 1 amide bonds. The number of pyridine rings is 1. The third-order valence-corrected chi connectivity index (χ3v) is 2.56. The van der Waals surface area contributed by atoms with Crippen LogP contribution in [-0.4, -0.2) is 31.1 Å². The first-order chi connectivity index (χ1) is 7.20. The second-order valence-electron chi connectivity index (χ2n) is 3.56. The molecule has 5 nitrogen and oxygen atoms in total. The highest BCUT2D eigenvalue weighted by Crippen LogP contribution is 2.23. The van der Waals surface area contributed by atoms with Crippen molar-refractivity contribution in [1.82, 2.24) is 4.98 Å². The molecule has 0 aromatic carbocycles. The van der Waals surface area contributed by atoms with Crippen LogP contribution < -0.4 is 15.4 Å². The van der Waals surface area contributed by atoms with E-state index in [0.717, 1.165) is 11.6 Å². The van der Waals surface area contributed by atoms with Crippen LogP contribution in [0.25, 0.3) is 0 Å². The molecule has 2 N–H and O–H groups in total. The first-order valence-corrected chi connectivity index (χ1v) is 4.75. The van der Waals surface area contributed by atoms with Gasteiger partial charge in [0.25, 0.3) is 0 Å². The minimum atomic E-state index is -0.236. The maximum atomic E-state index is 10.8. The molecular formula is C10H13N3O2. The van der Waals surface area contributed by atoms with Crippen molar-refractivity contribution in [2.45, 2.75) is 0 Å². The maximum Gasteiger partial charge on any atom is 0.224 e. The van der Waals surface area contributed by atoms with E-state index in [1.165, 1.54) is 0 Å². The van der Waals surface area contributed by atoms with Gasteiger partial charge in [-0.25, -0.2) is 4.98 Å². The number of hydrogen-bond donors (Lipinski definition) is 1. The Bertz CT molecular complexity index is 357. The lowest BCUT2D eigenvalue weighted by Crippen LogP contribution is -2.52. The van der Waals surface area contributed by atoms with E-state index < -0.39 is 0 Å². The Balaban J connectivity index is 1.98. The standard InChI is InChI=1S/C10H13N3O2/c1-15-8-2-3-9(12-4-8)13-5-7(6-13)10(11)14/h2-4,7H,5-6H2,1H3,(H2,11,14). The quantitative estimate of drug-likeness (QED) is 0.758. The summed E-state index contributed by atoms with van der Waals surface area (Å²) in [5, 5.41) is 0. The van der Waals surface area contributed by atoms with Gasteiger partial charge >= 0.3 is 0 Å². The maximum absolute atomic E-state index is 10.8. The van der Waals surface area contributed by atoms with Gasteiger partial charge in [0.15, 0.2) is 0 Å². The lowest BCUT2D eigenvalue weighted by Gasteiger charge is -2.38. The molecule has 1 aromatic heterocycles. The molecule has 15 heavy (non-hydrogen) atoms. The van der Waals surface area contributed by atoms with Crippen LogP contribution in [0.5, 0.6) is 5.75 Å². The number of carbonyl (C=O) groups is 1. The van der Waals surface area contributed by atoms with Crippen molar-refractivity contribution in [2.75, 3.05) is 25.1 Å². The molecule has 0 bridgehead atoms. The highest BCUT2D eigenvalue weighted by molar-refractivity contribution is 5.79. The summed E-state index contributed by atoms with van der Waals surface area (Å²) in [7, 11) is 1.60. The molecule has 1 aliphatic heterocycles. The van der Waals surface area contributed by atoms with E-state index in [0.29, 0.717) is 13.1 Å². The molecule has 2 rings (SSSR count). The van der Waals surface area contributed by atoms with Crippen molar-refractivity contribution >= 4 is 11.7 Å². The van der Waals surface area contributed by atoms with Crippen LogP contribution >= 0.6 is 0 Å². The normalized spacial score (nSPS) is 15.9. The third-order valence-electron chi connectivity index (χ3n) is 2.56. The second-order valence-corrected chi connectivity index (χ2v) is 3.56. The van der Waals surface area contributed by atoms with E-state index >= 15 is 0 Å². The molecule has 1 saturated heterocycles. The predicted molar refractivity (Wildman–Crippen MR) is 55.7 cm³/mol. The summed E-state index contributed by atoms with van der Waals surface area (Å²) in [4.78, 5) is 17.0. The number of nitrogens with two attached hydrogens (primary N) is 1. The van der Waals surface area contributed by atoms with Gasteiger partial charge in [-0.15, -0.1) is 0 Å². The highest BCUT2D eigenvalue weighted by Gasteiger charge is 2.31. The van der Waals surface area contributed by atoms with E-state index in [1.807, 2.05) is 17.0 Å². The Hall–Kier alpha value is -1.78. The van der Waals surface area contributed by atoms with Crippen LogP contribution in [0, 0.1) is 5.92 Å². The molecule has 2 heterocycles.